The van der Waals surface area contributed by atoms with Gasteiger partial charge in [-0.3, -0.25) is 9.59 Å². The Morgan fingerprint density at radius 2 is 2.22 bits per heavy atom. The molecule has 4 nitrogen and oxygen atoms in total. The lowest BCUT2D eigenvalue weighted by atomic mass is 10.1. The van der Waals surface area contributed by atoms with Crippen LogP contribution in [0.2, 0.25) is 5.02 Å². The van der Waals surface area contributed by atoms with Gasteiger partial charge in [0.25, 0.3) is 0 Å². The highest BCUT2D eigenvalue weighted by Gasteiger charge is 2.36. The third-order valence-electron chi connectivity index (χ3n) is 2.78. The quantitative estimate of drug-likeness (QED) is 0.795. The van der Waals surface area contributed by atoms with Gasteiger partial charge in [-0.15, -0.1) is 0 Å². The zero-order valence-electron chi connectivity index (χ0n) is 9.12. The first kappa shape index (κ1) is 13.5. The van der Waals surface area contributed by atoms with Crippen molar-refractivity contribution in [1.82, 2.24) is 0 Å². The van der Waals surface area contributed by atoms with Crippen LogP contribution in [0.25, 0.3) is 0 Å². The SMILES string of the molecule is NC(=O)C1CC(=O)N(c2c(F)cc(Cl)cc2I)C1. The Morgan fingerprint density at radius 1 is 1.56 bits per heavy atom. The summed E-state index contributed by atoms with van der Waals surface area (Å²) in [4.78, 5) is 24.1. The van der Waals surface area contributed by atoms with Gasteiger partial charge in [0.15, 0.2) is 0 Å². The van der Waals surface area contributed by atoms with Crippen molar-refractivity contribution in [2.24, 2.45) is 11.7 Å². The maximum absolute atomic E-state index is 13.9. The molecule has 1 heterocycles. The van der Waals surface area contributed by atoms with Crippen molar-refractivity contribution in [3.63, 3.8) is 0 Å². The lowest BCUT2D eigenvalue weighted by Gasteiger charge is -2.19. The van der Waals surface area contributed by atoms with Crippen LogP contribution in [-0.2, 0) is 9.59 Å². The minimum Gasteiger partial charge on any atom is -0.369 e. The number of halogens is 3. The van der Waals surface area contributed by atoms with Gasteiger partial charge in [0.05, 0.1) is 11.6 Å². The van der Waals surface area contributed by atoms with Gasteiger partial charge in [-0.2, -0.15) is 0 Å². The monoisotopic (exact) mass is 382 g/mol. The van der Waals surface area contributed by atoms with Gasteiger partial charge in [0.2, 0.25) is 11.8 Å². The van der Waals surface area contributed by atoms with Crippen LogP contribution in [0.3, 0.4) is 0 Å². The topological polar surface area (TPSA) is 63.4 Å². The van der Waals surface area contributed by atoms with E-state index in [1.807, 2.05) is 22.6 Å². The van der Waals surface area contributed by atoms with Gasteiger partial charge < -0.3 is 10.6 Å². The number of hydrogen-bond acceptors (Lipinski definition) is 2. The summed E-state index contributed by atoms with van der Waals surface area (Å²) >= 11 is 7.62. The maximum atomic E-state index is 13.9. The van der Waals surface area contributed by atoms with Gasteiger partial charge in [-0.05, 0) is 34.7 Å². The second-order valence-corrected chi connectivity index (χ2v) is 5.62. The van der Waals surface area contributed by atoms with Crippen molar-refractivity contribution in [2.75, 3.05) is 11.4 Å². The van der Waals surface area contributed by atoms with Gasteiger partial charge in [0, 0.05) is 21.6 Å². The molecule has 2 N–H and O–H groups in total. The molecule has 2 rings (SSSR count). The average molecular weight is 383 g/mol. The third kappa shape index (κ3) is 2.44. The summed E-state index contributed by atoms with van der Waals surface area (Å²) < 4.78 is 14.4. The van der Waals surface area contributed by atoms with Crippen LogP contribution < -0.4 is 10.6 Å². The second-order valence-electron chi connectivity index (χ2n) is 4.03. The van der Waals surface area contributed by atoms with Crippen molar-refractivity contribution >= 4 is 51.7 Å². The van der Waals surface area contributed by atoms with Crippen LogP contribution in [0.4, 0.5) is 10.1 Å². The van der Waals surface area contributed by atoms with E-state index in [0.29, 0.717) is 3.57 Å². The van der Waals surface area contributed by atoms with E-state index in [-0.39, 0.29) is 29.6 Å². The number of carbonyl (C=O) groups is 2. The Kier molecular flexibility index (Phi) is 3.76. The molecule has 1 fully saturated rings. The van der Waals surface area contributed by atoms with Crippen molar-refractivity contribution < 1.29 is 14.0 Å². The maximum Gasteiger partial charge on any atom is 0.227 e. The van der Waals surface area contributed by atoms with Crippen LogP contribution >= 0.6 is 34.2 Å². The molecular formula is C11H9ClFIN2O2. The van der Waals surface area contributed by atoms with E-state index in [1.54, 1.807) is 6.07 Å². The number of hydrogen-bond donors (Lipinski definition) is 1. The molecular weight excluding hydrogens is 373 g/mol. The zero-order valence-corrected chi connectivity index (χ0v) is 12.0. The highest BCUT2D eigenvalue weighted by atomic mass is 127. The van der Waals surface area contributed by atoms with E-state index in [1.165, 1.54) is 4.90 Å². The van der Waals surface area contributed by atoms with Gasteiger partial charge in [0.1, 0.15) is 5.82 Å². The fourth-order valence-corrected chi connectivity index (χ4v) is 3.18. The predicted molar refractivity (Wildman–Crippen MR) is 73.8 cm³/mol. The number of nitrogens with zero attached hydrogens (tertiary/aromatic N) is 1. The summed E-state index contributed by atoms with van der Waals surface area (Å²) in [6.45, 7) is 0.114. The lowest BCUT2D eigenvalue weighted by molar-refractivity contribution is -0.123. The molecule has 1 saturated heterocycles. The molecule has 0 bridgehead atoms. The van der Waals surface area contributed by atoms with Crippen LogP contribution in [0.5, 0.6) is 0 Å². The summed E-state index contributed by atoms with van der Waals surface area (Å²) in [6.07, 6.45) is 0.0213. The first-order valence-electron chi connectivity index (χ1n) is 5.14. The van der Waals surface area contributed by atoms with Crippen molar-refractivity contribution in [3.8, 4) is 0 Å². The molecule has 0 aliphatic carbocycles. The number of anilines is 1. The fraction of sp³-hybridized carbons (Fsp3) is 0.273. The van der Waals surface area contributed by atoms with E-state index in [0.717, 1.165) is 6.07 Å². The van der Waals surface area contributed by atoms with E-state index < -0.39 is 17.6 Å². The molecule has 7 heteroatoms. The number of benzene rings is 1. The predicted octanol–water partition coefficient (Wildman–Crippen LogP) is 1.92. The van der Waals surface area contributed by atoms with Gasteiger partial charge in [-0.25, -0.2) is 4.39 Å². The molecule has 1 aliphatic rings. The van der Waals surface area contributed by atoms with Crippen molar-refractivity contribution in [2.45, 2.75) is 6.42 Å². The highest BCUT2D eigenvalue weighted by molar-refractivity contribution is 14.1. The first-order chi connectivity index (χ1) is 8.40. The first-order valence-corrected chi connectivity index (χ1v) is 6.60. The molecule has 2 amide bonds. The van der Waals surface area contributed by atoms with E-state index in [9.17, 15) is 14.0 Å². The molecule has 0 radical (unpaired) electrons. The van der Waals surface area contributed by atoms with E-state index in [4.69, 9.17) is 17.3 Å². The summed E-state index contributed by atoms with van der Waals surface area (Å²) in [6, 6.07) is 2.70. The number of nitrogens with two attached hydrogens (primary N) is 1. The summed E-state index contributed by atoms with van der Waals surface area (Å²) in [5.41, 5.74) is 5.33. The molecule has 1 aromatic carbocycles. The number of amides is 2. The fourth-order valence-electron chi connectivity index (χ4n) is 1.91. The number of primary amides is 1. The van der Waals surface area contributed by atoms with Crippen molar-refractivity contribution in [1.29, 1.82) is 0 Å². The Bertz CT molecular complexity index is 515. The molecule has 1 atom stereocenters. The van der Waals surface area contributed by atoms with E-state index >= 15 is 0 Å². The molecule has 0 aromatic heterocycles. The van der Waals surface area contributed by atoms with Gasteiger partial charge >= 0.3 is 0 Å². The molecule has 1 aromatic rings. The molecule has 0 saturated carbocycles. The molecule has 18 heavy (non-hydrogen) atoms. The Labute approximate surface area is 121 Å². The van der Waals surface area contributed by atoms with Crippen LogP contribution in [0.15, 0.2) is 12.1 Å². The summed E-state index contributed by atoms with van der Waals surface area (Å²) in [5.74, 6) is -2.00. The third-order valence-corrected chi connectivity index (χ3v) is 3.82. The van der Waals surface area contributed by atoms with Crippen LogP contribution in [0.1, 0.15) is 6.42 Å². The minimum atomic E-state index is -0.578. The Hall–Kier alpha value is -0.890. The Balaban J connectivity index is 2.39. The van der Waals surface area contributed by atoms with Gasteiger partial charge in [-0.1, -0.05) is 11.6 Å². The molecule has 1 unspecified atom stereocenters. The van der Waals surface area contributed by atoms with Crippen LogP contribution in [0, 0.1) is 15.3 Å². The summed E-state index contributed by atoms with van der Waals surface area (Å²) in [7, 11) is 0. The highest BCUT2D eigenvalue weighted by Crippen LogP contribution is 2.33. The lowest BCUT2D eigenvalue weighted by Crippen LogP contribution is -2.29. The van der Waals surface area contributed by atoms with Crippen molar-refractivity contribution in [3.05, 3.63) is 26.5 Å². The zero-order chi connectivity index (χ0) is 13.4. The summed E-state index contributed by atoms with van der Waals surface area (Å²) in [5, 5.41) is 0.263. The second kappa shape index (κ2) is 5.00. The largest absolute Gasteiger partial charge is 0.369 e. The molecule has 96 valence electrons. The minimum absolute atomic E-state index is 0.0213. The average Bonchev–Trinajstić information content (AvgIpc) is 2.59. The molecule has 1 aliphatic heterocycles. The number of carbonyl (C=O) groups excluding carboxylic acids is 2. The molecule has 0 spiro atoms. The normalized spacial score (nSPS) is 19.4. The van der Waals surface area contributed by atoms with E-state index in [2.05, 4.69) is 0 Å². The van der Waals surface area contributed by atoms with Crippen LogP contribution in [-0.4, -0.2) is 18.4 Å². The Morgan fingerprint density at radius 3 is 2.72 bits per heavy atom. The number of rotatable bonds is 2. The standard InChI is InChI=1S/C11H9ClFIN2O2/c12-6-2-7(13)10(8(14)3-6)16-4-5(11(15)18)1-9(16)17/h2-3,5H,1,4H2,(H2,15,18). The smallest absolute Gasteiger partial charge is 0.227 e.